The van der Waals surface area contributed by atoms with Gasteiger partial charge in [-0.1, -0.05) is 13.8 Å². The average Bonchev–Trinajstić information content (AvgIpc) is 2.99. The summed E-state index contributed by atoms with van der Waals surface area (Å²) in [6, 6.07) is 2.05. The van der Waals surface area contributed by atoms with E-state index in [0.717, 1.165) is 24.0 Å². The highest BCUT2D eigenvalue weighted by atomic mass is 15.0. The SMILES string of the molecule is CC(C)c1cc(NCC2CC2)ncn1. The smallest absolute Gasteiger partial charge is 0.129 e. The highest BCUT2D eigenvalue weighted by Crippen LogP contribution is 2.28. The number of hydrogen-bond donors (Lipinski definition) is 1. The molecule has 0 saturated heterocycles. The molecular weight excluding hydrogens is 174 g/mol. The molecule has 0 amide bonds. The summed E-state index contributed by atoms with van der Waals surface area (Å²) < 4.78 is 0. The Bertz CT molecular complexity index is 305. The molecule has 0 aliphatic heterocycles. The van der Waals surface area contributed by atoms with Gasteiger partial charge in [0.2, 0.25) is 0 Å². The first-order valence-corrected chi connectivity index (χ1v) is 5.31. The van der Waals surface area contributed by atoms with E-state index in [4.69, 9.17) is 0 Å². The van der Waals surface area contributed by atoms with Crippen LogP contribution in [0.5, 0.6) is 0 Å². The van der Waals surface area contributed by atoms with Gasteiger partial charge in [0.15, 0.2) is 0 Å². The van der Waals surface area contributed by atoms with Gasteiger partial charge in [0.05, 0.1) is 0 Å². The van der Waals surface area contributed by atoms with E-state index in [1.807, 2.05) is 6.07 Å². The summed E-state index contributed by atoms with van der Waals surface area (Å²) in [5, 5.41) is 3.35. The maximum Gasteiger partial charge on any atom is 0.129 e. The van der Waals surface area contributed by atoms with Crippen molar-refractivity contribution in [3.8, 4) is 0 Å². The lowest BCUT2D eigenvalue weighted by Gasteiger charge is -2.07. The Kier molecular flexibility index (Phi) is 2.66. The van der Waals surface area contributed by atoms with Gasteiger partial charge < -0.3 is 5.32 Å². The molecule has 0 spiro atoms. The van der Waals surface area contributed by atoms with Crippen LogP contribution in [0.4, 0.5) is 5.82 Å². The van der Waals surface area contributed by atoms with Gasteiger partial charge in [-0.15, -0.1) is 0 Å². The van der Waals surface area contributed by atoms with E-state index < -0.39 is 0 Å². The van der Waals surface area contributed by atoms with Crippen LogP contribution in [0.15, 0.2) is 12.4 Å². The van der Waals surface area contributed by atoms with E-state index in [0.29, 0.717) is 5.92 Å². The van der Waals surface area contributed by atoms with Gasteiger partial charge in [-0.25, -0.2) is 9.97 Å². The molecule has 1 N–H and O–H groups in total. The fraction of sp³-hybridized carbons (Fsp3) is 0.636. The standard InChI is InChI=1S/C11H17N3/c1-8(2)10-5-11(14-7-13-10)12-6-9-3-4-9/h5,7-9H,3-4,6H2,1-2H3,(H,12,13,14). The fourth-order valence-corrected chi connectivity index (χ4v) is 1.36. The number of anilines is 1. The summed E-state index contributed by atoms with van der Waals surface area (Å²) in [4.78, 5) is 8.43. The van der Waals surface area contributed by atoms with E-state index in [9.17, 15) is 0 Å². The second-order valence-electron chi connectivity index (χ2n) is 4.31. The van der Waals surface area contributed by atoms with Gasteiger partial charge in [-0.05, 0) is 24.7 Å². The number of aromatic nitrogens is 2. The molecule has 1 aromatic rings. The van der Waals surface area contributed by atoms with Gasteiger partial charge in [-0.2, -0.15) is 0 Å². The second-order valence-corrected chi connectivity index (χ2v) is 4.31. The van der Waals surface area contributed by atoms with Crippen LogP contribution in [0.1, 0.15) is 38.3 Å². The van der Waals surface area contributed by atoms with Crippen molar-refractivity contribution in [3.63, 3.8) is 0 Å². The summed E-state index contributed by atoms with van der Waals surface area (Å²) in [5.74, 6) is 2.32. The molecule has 76 valence electrons. The monoisotopic (exact) mass is 191 g/mol. The minimum absolute atomic E-state index is 0.472. The van der Waals surface area contributed by atoms with Crippen molar-refractivity contribution < 1.29 is 0 Å². The maximum absolute atomic E-state index is 4.23. The first-order chi connectivity index (χ1) is 6.75. The lowest BCUT2D eigenvalue weighted by atomic mass is 10.1. The van der Waals surface area contributed by atoms with E-state index in [2.05, 4.69) is 29.1 Å². The Morgan fingerprint density at radius 2 is 2.21 bits per heavy atom. The third-order valence-electron chi connectivity index (χ3n) is 2.55. The molecule has 0 radical (unpaired) electrons. The molecule has 3 heteroatoms. The molecule has 1 aliphatic carbocycles. The molecule has 1 heterocycles. The van der Waals surface area contributed by atoms with Crippen molar-refractivity contribution in [2.75, 3.05) is 11.9 Å². The van der Waals surface area contributed by atoms with Gasteiger partial charge in [0, 0.05) is 18.3 Å². The third kappa shape index (κ3) is 2.44. The van der Waals surface area contributed by atoms with Crippen LogP contribution in [-0.2, 0) is 0 Å². The van der Waals surface area contributed by atoms with Crippen LogP contribution in [0.3, 0.4) is 0 Å². The van der Waals surface area contributed by atoms with Gasteiger partial charge in [-0.3, -0.25) is 0 Å². The Balaban J connectivity index is 1.97. The van der Waals surface area contributed by atoms with Crippen molar-refractivity contribution in [2.45, 2.75) is 32.6 Å². The minimum Gasteiger partial charge on any atom is -0.370 e. The van der Waals surface area contributed by atoms with Crippen LogP contribution in [0, 0.1) is 5.92 Å². The van der Waals surface area contributed by atoms with Crippen LogP contribution in [0.2, 0.25) is 0 Å². The molecule has 2 rings (SSSR count). The van der Waals surface area contributed by atoms with E-state index in [-0.39, 0.29) is 0 Å². The summed E-state index contributed by atoms with van der Waals surface area (Å²) in [6.45, 7) is 5.36. The van der Waals surface area contributed by atoms with Crippen molar-refractivity contribution in [2.24, 2.45) is 5.92 Å². The van der Waals surface area contributed by atoms with Crippen molar-refractivity contribution in [1.29, 1.82) is 0 Å². The average molecular weight is 191 g/mol. The Labute approximate surface area is 85.0 Å². The van der Waals surface area contributed by atoms with Crippen molar-refractivity contribution in [3.05, 3.63) is 18.1 Å². The zero-order valence-corrected chi connectivity index (χ0v) is 8.83. The second kappa shape index (κ2) is 3.95. The Morgan fingerprint density at radius 1 is 1.43 bits per heavy atom. The minimum atomic E-state index is 0.472. The van der Waals surface area contributed by atoms with Crippen LogP contribution in [-0.4, -0.2) is 16.5 Å². The van der Waals surface area contributed by atoms with Crippen LogP contribution < -0.4 is 5.32 Å². The van der Waals surface area contributed by atoms with Gasteiger partial charge in [0.1, 0.15) is 12.1 Å². The van der Waals surface area contributed by atoms with E-state index >= 15 is 0 Å². The van der Waals surface area contributed by atoms with E-state index in [1.165, 1.54) is 12.8 Å². The lowest BCUT2D eigenvalue weighted by molar-refractivity contribution is 0.810. The zero-order valence-electron chi connectivity index (χ0n) is 8.83. The molecule has 1 saturated carbocycles. The van der Waals surface area contributed by atoms with E-state index in [1.54, 1.807) is 6.33 Å². The number of rotatable bonds is 4. The number of nitrogens with zero attached hydrogens (tertiary/aromatic N) is 2. The highest BCUT2D eigenvalue weighted by Gasteiger charge is 2.20. The Morgan fingerprint density at radius 3 is 2.86 bits per heavy atom. The van der Waals surface area contributed by atoms with Gasteiger partial charge >= 0.3 is 0 Å². The molecule has 1 aliphatic rings. The molecular formula is C11H17N3. The maximum atomic E-state index is 4.23. The Hall–Kier alpha value is -1.12. The summed E-state index contributed by atoms with van der Waals surface area (Å²) in [7, 11) is 0. The number of nitrogens with one attached hydrogen (secondary N) is 1. The third-order valence-corrected chi connectivity index (χ3v) is 2.55. The first kappa shape index (κ1) is 9.44. The predicted octanol–water partition coefficient (Wildman–Crippen LogP) is 2.42. The number of hydrogen-bond acceptors (Lipinski definition) is 3. The zero-order chi connectivity index (χ0) is 9.97. The summed E-state index contributed by atoms with van der Waals surface area (Å²) in [5.41, 5.74) is 1.11. The summed E-state index contributed by atoms with van der Waals surface area (Å²) >= 11 is 0. The lowest BCUT2D eigenvalue weighted by Crippen LogP contribution is -2.06. The summed E-state index contributed by atoms with van der Waals surface area (Å²) in [6.07, 6.45) is 4.38. The van der Waals surface area contributed by atoms with Crippen LogP contribution >= 0.6 is 0 Å². The molecule has 1 aromatic heterocycles. The first-order valence-electron chi connectivity index (χ1n) is 5.31. The van der Waals surface area contributed by atoms with Crippen molar-refractivity contribution >= 4 is 5.82 Å². The largest absolute Gasteiger partial charge is 0.370 e. The van der Waals surface area contributed by atoms with Gasteiger partial charge in [0.25, 0.3) is 0 Å². The molecule has 0 bridgehead atoms. The highest BCUT2D eigenvalue weighted by molar-refractivity contribution is 5.35. The molecule has 1 fully saturated rings. The molecule has 0 atom stereocenters. The topological polar surface area (TPSA) is 37.8 Å². The normalized spacial score (nSPS) is 15.9. The molecule has 3 nitrogen and oxygen atoms in total. The quantitative estimate of drug-likeness (QED) is 0.794. The molecule has 0 aromatic carbocycles. The molecule has 0 unspecified atom stereocenters. The van der Waals surface area contributed by atoms with Crippen molar-refractivity contribution in [1.82, 2.24) is 9.97 Å². The molecule has 14 heavy (non-hydrogen) atoms. The fourth-order valence-electron chi connectivity index (χ4n) is 1.36. The predicted molar refractivity (Wildman–Crippen MR) is 57.3 cm³/mol. The van der Waals surface area contributed by atoms with Crippen LogP contribution in [0.25, 0.3) is 0 Å².